The van der Waals surface area contributed by atoms with Crippen LogP contribution >= 0.6 is 0 Å². The van der Waals surface area contributed by atoms with E-state index < -0.39 is 6.10 Å². The maximum atomic E-state index is 12.1. The van der Waals surface area contributed by atoms with E-state index in [0.29, 0.717) is 30.1 Å². The van der Waals surface area contributed by atoms with Gasteiger partial charge in [0.05, 0.1) is 6.10 Å². The molecule has 0 aromatic heterocycles. The Kier molecular flexibility index (Phi) is 5.77. The third-order valence-corrected chi connectivity index (χ3v) is 4.33. The van der Waals surface area contributed by atoms with Crippen LogP contribution in [0.5, 0.6) is 0 Å². The van der Waals surface area contributed by atoms with Crippen molar-refractivity contribution in [3.63, 3.8) is 0 Å². The molecule has 2 rings (SSSR count). The first-order valence-electron chi connectivity index (χ1n) is 8.25. The van der Waals surface area contributed by atoms with Gasteiger partial charge in [-0.25, -0.2) is 0 Å². The fraction of sp³-hybridized carbons (Fsp3) is 0.556. The molecule has 1 fully saturated rings. The lowest BCUT2D eigenvalue weighted by Crippen LogP contribution is -2.28. The minimum absolute atomic E-state index is 0.0233. The summed E-state index contributed by atoms with van der Waals surface area (Å²) in [7, 11) is 0. The molecular weight excluding hydrogens is 292 g/mol. The summed E-state index contributed by atoms with van der Waals surface area (Å²) in [5.41, 5.74) is 1.15. The number of rotatable bonds is 7. The molecule has 0 heterocycles. The van der Waals surface area contributed by atoms with Crippen molar-refractivity contribution in [2.24, 2.45) is 17.8 Å². The first-order chi connectivity index (χ1) is 10.9. The average molecular weight is 318 g/mol. The summed E-state index contributed by atoms with van der Waals surface area (Å²) in [6, 6.07) is 6.93. The SMILES string of the molecule is CC(C)C(O)CCNC(=O)c1cccc(NC(=O)C2CC2C)c1. The smallest absolute Gasteiger partial charge is 0.251 e. The second-order valence-corrected chi connectivity index (χ2v) is 6.75. The van der Waals surface area contributed by atoms with Crippen LogP contribution in [-0.4, -0.2) is 29.6 Å². The van der Waals surface area contributed by atoms with Crippen molar-refractivity contribution in [3.05, 3.63) is 29.8 Å². The van der Waals surface area contributed by atoms with Crippen molar-refractivity contribution in [1.82, 2.24) is 5.32 Å². The van der Waals surface area contributed by atoms with E-state index >= 15 is 0 Å². The maximum absolute atomic E-state index is 12.1. The van der Waals surface area contributed by atoms with Crippen LogP contribution in [0.1, 0.15) is 44.0 Å². The summed E-state index contributed by atoms with van der Waals surface area (Å²) in [6.07, 6.45) is 1.05. The normalized spacial score (nSPS) is 20.9. The van der Waals surface area contributed by atoms with E-state index in [1.54, 1.807) is 24.3 Å². The van der Waals surface area contributed by atoms with Gasteiger partial charge in [-0.15, -0.1) is 0 Å². The topological polar surface area (TPSA) is 78.4 Å². The molecule has 23 heavy (non-hydrogen) atoms. The third-order valence-electron chi connectivity index (χ3n) is 4.33. The van der Waals surface area contributed by atoms with Gasteiger partial charge in [-0.1, -0.05) is 26.8 Å². The molecule has 1 aromatic rings. The van der Waals surface area contributed by atoms with Gasteiger partial charge in [0.15, 0.2) is 0 Å². The number of hydrogen-bond acceptors (Lipinski definition) is 3. The Morgan fingerprint density at radius 3 is 2.65 bits per heavy atom. The molecule has 5 heteroatoms. The van der Waals surface area contributed by atoms with Gasteiger partial charge in [0.1, 0.15) is 0 Å². The number of hydrogen-bond donors (Lipinski definition) is 3. The minimum Gasteiger partial charge on any atom is -0.393 e. The molecule has 3 atom stereocenters. The molecule has 1 saturated carbocycles. The molecular formula is C18H26N2O3. The van der Waals surface area contributed by atoms with Gasteiger partial charge in [0.2, 0.25) is 5.91 Å². The lowest BCUT2D eigenvalue weighted by atomic mass is 10.0. The molecule has 1 aromatic carbocycles. The van der Waals surface area contributed by atoms with Gasteiger partial charge in [-0.3, -0.25) is 9.59 Å². The molecule has 2 amide bonds. The first-order valence-corrected chi connectivity index (χ1v) is 8.25. The predicted molar refractivity (Wildman–Crippen MR) is 90.1 cm³/mol. The number of benzene rings is 1. The number of carbonyl (C=O) groups excluding carboxylic acids is 2. The van der Waals surface area contributed by atoms with Crippen molar-refractivity contribution in [1.29, 1.82) is 0 Å². The molecule has 5 nitrogen and oxygen atoms in total. The van der Waals surface area contributed by atoms with Gasteiger partial charge in [-0.05, 0) is 42.9 Å². The fourth-order valence-corrected chi connectivity index (χ4v) is 2.43. The molecule has 1 aliphatic carbocycles. The van der Waals surface area contributed by atoms with Crippen LogP contribution in [0.2, 0.25) is 0 Å². The summed E-state index contributed by atoms with van der Waals surface area (Å²) < 4.78 is 0. The van der Waals surface area contributed by atoms with Crippen molar-refractivity contribution in [3.8, 4) is 0 Å². The minimum atomic E-state index is -0.415. The van der Waals surface area contributed by atoms with Gasteiger partial charge < -0.3 is 15.7 Å². The summed E-state index contributed by atoms with van der Waals surface area (Å²) in [4.78, 5) is 24.1. The van der Waals surface area contributed by atoms with Crippen molar-refractivity contribution >= 4 is 17.5 Å². The zero-order chi connectivity index (χ0) is 17.0. The standard InChI is InChI=1S/C18H26N2O3/c1-11(2)16(21)7-8-19-17(22)13-5-4-6-14(10-13)20-18(23)15-9-12(15)3/h4-6,10-12,15-16,21H,7-9H2,1-3H3,(H,19,22)(H,20,23). The molecule has 0 saturated heterocycles. The Hall–Kier alpha value is -1.88. The second kappa shape index (κ2) is 7.59. The number of anilines is 1. The van der Waals surface area contributed by atoms with Crippen LogP contribution in [0.3, 0.4) is 0 Å². The van der Waals surface area contributed by atoms with E-state index in [1.165, 1.54) is 0 Å². The van der Waals surface area contributed by atoms with Crippen LogP contribution in [-0.2, 0) is 4.79 Å². The van der Waals surface area contributed by atoms with Crippen molar-refractivity contribution in [2.75, 3.05) is 11.9 Å². The van der Waals surface area contributed by atoms with Crippen LogP contribution in [0.15, 0.2) is 24.3 Å². The molecule has 0 radical (unpaired) electrons. The Morgan fingerprint density at radius 1 is 1.35 bits per heavy atom. The van der Waals surface area contributed by atoms with Crippen molar-refractivity contribution in [2.45, 2.75) is 39.7 Å². The van der Waals surface area contributed by atoms with Gasteiger partial charge >= 0.3 is 0 Å². The highest BCUT2D eigenvalue weighted by Crippen LogP contribution is 2.38. The molecule has 3 N–H and O–H groups in total. The predicted octanol–water partition coefficient (Wildman–Crippen LogP) is 2.42. The zero-order valence-corrected chi connectivity index (χ0v) is 14.0. The van der Waals surface area contributed by atoms with Gasteiger partial charge in [-0.2, -0.15) is 0 Å². The number of aliphatic hydroxyl groups excluding tert-OH is 1. The summed E-state index contributed by atoms with van der Waals surface area (Å²) in [6.45, 7) is 6.37. The molecule has 0 spiro atoms. The monoisotopic (exact) mass is 318 g/mol. The second-order valence-electron chi connectivity index (χ2n) is 6.75. The van der Waals surface area contributed by atoms with E-state index in [0.717, 1.165) is 6.42 Å². The highest BCUT2D eigenvalue weighted by Gasteiger charge is 2.39. The number of aliphatic hydroxyl groups is 1. The zero-order valence-electron chi connectivity index (χ0n) is 14.0. The Bertz CT molecular complexity index is 571. The Balaban J connectivity index is 1.86. The van der Waals surface area contributed by atoms with E-state index in [1.807, 2.05) is 13.8 Å². The van der Waals surface area contributed by atoms with Crippen LogP contribution in [0, 0.1) is 17.8 Å². The largest absolute Gasteiger partial charge is 0.393 e. The van der Waals surface area contributed by atoms with E-state index in [4.69, 9.17) is 0 Å². The molecule has 1 aliphatic rings. The van der Waals surface area contributed by atoms with Crippen molar-refractivity contribution < 1.29 is 14.7 Å². The number of amides is 2. The summed E-state index contributed by atoms with van der Waals surface area (Å²) in [5.74, 6) is 0.557. The number of carbonyl (C=O) groups is 2. The van der Waals surface area contributed by atoms with Crippen LogP contribution in [0.4, 0.5) is 5.69 Å². The summed E-state index contributed by atoms with van der Waals surface area (Å²) >= 11 is 0. The fourth-order valence-electron chi connectivity index (χ4n) is 2.43. The molecule has 126 valence electrons. The average Bonchev–Trinajstić information content (AvgIpc) is 3.24. The Labute approximate surface area is 137 Å². The highest BCUT2D eigenvalue weighted by molar-refractivity contribution is 5.98. The van der Waals surface area contributed by atoms with E-state index in [-0.39, 0.29) is 23.7 Å². The Morgan fingerprint density at radius 2 is 2.04 bits per heavy atom. The third kappa shape index (κ3) is 5.06. The van der Waals surface area contributed by atoms with E-state index in [2.05, 4.69) is 17.6 Å². The number of nitrogens with one attached hydrogen (secondary N) is 2. The lowest BCUT2D eigenvalue weighted by molar-refractivity contribution is -0.117. The first kappa shape index (κ1) is 17.5. The molecule has 3 unspecified atom stereocenters. The lowest BCUT2D eigenvalue weighted by Gasteiger charge is -2.14. The van der Waals surface area contributed by atoms with Gasteiger partial charge in [0.25, 0.3) is 5.91 Å². The van der Waals surface area contributed by atoms with E-state index in [9.17, 15) is 14.7 Å². The maximum Gasteiger partial charge on any atom is 0.251 e. The molecule has 0 bridgehead atoms. The quantitative estimate of drug-likeness (QED) is 0.722. The van der Waals surface area contributed by atoms with Crippen LogP contribution in [0.25, 0.3) is 0 Å². The molecule has 0 aliphatic heterocycles. The van der Waals surface area contributed by atoms with Crippen LogP contribution < -0.4 is 10.6 Å². The summed E-state index contributed by atoms with van der Waals surface area (Å²) in [5, 5.41) is 15.4. The van der Waals surface area contributed by atoms with Gasteiger partial charge in [0, 0.05) is 23.7 Å². The highest BCUT2D eigenvalue weighted by atomic mass is 16.3.